The van der Waals surface area contributed by atoms with Gasteiger partial charge >= 0.3 is 0 Å². The maximum atomic E-state index is 6.27. The second-order valence-electron chi connectivity index (χ2n) is 8.48. The first-order chi connectivity index (χ1) is 17.3. The molecule has 0 bridgehead atoms. The van der Waals surface area contributed by atoms with Crippen LogP contribution in [-0.4, -0.2) is 14.5 Å². The SMILES string of the molecule is Sc1cc2ccccc2c2ccc(Oc3ccc4c5ccccc5n(-c5ccccn5)c4c3)nc12. The van der Waals surface area contributed by atoms with E-state index in [1.807, 2.05) is 48.7 Å². The molecule has 0 spiro atoms. The summed E-state index contributed by atoms with van der Waals surface area (Å²) in [7, 11) is 0. The number of thiol groups is 1. The van der Waals surface area contributed by atoms with Crippen LogP contribution in [0.25, 0.3) is 49.3 Å². The van der Waals surface area contributed by atoms with Crippen LogP contribution in [0.4, 0.5) is 0 Å². The van der Waals surface area contributed by atoms with Gasteiger partial charge in [0.25, 0.3) is 0 Å². The van der Waals surface area contributed by atoms with Gasteiger partial charge in [-0.05, 0) is 53.2 Å². The number of aromatic nitrogens is 3. The molecule has 0 fully saturated rings. The van der Waals surface area contributed by atoms with Gasteiger partial charge in [0.1, 0.15) is 11.6 Å². The fraction of sp³-hybridized carbons (Fsp3) is 0. The van der Waals surface area contributed by atoms with E-state index in [1.165, 1.54) is 5.39 Å². The first-order valence-electron chi connectivity index (χ1n) is 11.4. The van der Waals surface area contributed by atoms with Crippen molar-refractivity contribution in [3.05, 3.63) is 109 Å². The molecule has 3 aromatic heterocycles. The predicted octanol–water partition coefficient (Wildman–Crippen LogP) is 7.96. The normalized spacial score (nSPS) is 11.6. The molecule has 0 aliphatic rings. The molecule has 0 unspecified atom stereocenters. The molecular weight excluding hydrogens is 450 g/mol. The fourth-order valence-electron chi connectivity index (χ4n) is 4.86. The van der Waals surface area contributed by atoms with Crippen LogP contribution in [0.3, 0.4) is 0 Å². The van der Waals surface area contributed by atoms with E-state index in [9.17, 15) is 0 Å². The molecule has 3 heterocycles. The first kappa shape index (κ1) is 20.1. The quantitative estimate of drug-likeness (QED) is 0.211. The van der Waals surface area contributed by atoms with Crippen molar-refractivity contribution in [1.82, 2.24) is 14.5 Å². The summed E-state index contributed by atoms with van der Waals surface area (Å²) in [5.41, 5.74) is 2.96. The zero-order valence-corrected chi connectivity index (χ0v) is 19.5. The van der Waals surface area contributed by atoms with E-state index in [-0.39, 0.29) is 0 Å². The van der Waals surface area contributed by atoms with Crippen molar-refractivity contribution in [2.75, 3.05) is 0 Å². The molecule has 7 aromatic rings. The number of hydrogen-bond acceptors (Lipinski definition) is 4. The number of nitrogens with zero attached hydrogens (tertiary/aromatic N) is 3. The molecule has 0 amide bonds. The van der Waals surface area contributed by atoms with Crippen LogP contribution in [0.2, 0.25) is 0 Å². The smallest absolute Gasteiger partial charge is 0.219 e. The maximum Gasteiger partial charge on any atom is 0.219 e. The highest BCUT2D eigenvalue weighted by atomic mass is 32.1. The van der Waals surface area contributed by atoms with Crippen molar-refractivity contribution >= 4 is 56.1 Å². The minimum atomic E-state index is 0.530. The van der Waals surface area contributed by atoms with E-state index in [0.29, 0.717) is 11.6 Å². The van der Waals surface area contributed by atoms with Gasteiger partial charge in [-0.15, -0.1) is 12.6 Å². The lowest BCUT2D eigenvalue weighted by atomic mass is 10.1. The largest absolute Gasteiger partial charge is 0.439 e. The zero-order chi connectivity index (χ0) is 23.4. The van der Waals surface area contributed by atoms with Crippen molar-refractivity contribution in [3.63, 3.8) is 0 Å². The molecule has 0 atom stereocenters. The molecule has 35 heavy (non-hydrogen) atoms. The summed E-state index contributed by atoms with van der Waals surface area (Å²) in [5.74, 6) is 2.11. The summed E-state index contributed by atoms with van der Waals surface area (Å²) in [5, 5.41) is 5.68. The van der Waals surface area contributed by atoms with Gasteiger partial charge in [0.05, 0.1) is 16.6 Å². The van der Waals surface area contributed by atoms with E-state index < -0.39 is 0 Å². The van der Waals surface area contributed by atoms with Crippen LogP contribution in [0.5, 0.6) is 11.6 Å². The minimum Gasteiger partial charge on any atom is -0.439 e. The first-order valence-corrected chi connectivity index (χ1v) is 11.8. The summed E-state index contributed by atoms with van der Waals surface area (Å²) in [4.78, 5) is 10.2. The Hall–Kier alpha value is -4.35. The Bertz CT molecular complexity index is 1890. The molecular formula is C30H19N3OS. The number of benzene rings is 4. The molecule has 166 valence electrons. The van der Waals surface area contributed by atoms with Crippen LogP contribution in [0, 0.1) is 0 Å². The second-order valence-corrected chi connectivity index (χ2v) is 8.97. The monoisotopic (exact) mass is 469 g/mol. The van der Waals surface area contributed by atoms with E-state index in [1.54, 1.807) is 0 Å². The lowest BCUT2D eigenvalue weighted by Crippen LogP contribution is -1.96. The fourth-order valence-corrected chi connectivity index (χ4v) is 5.17. The standard InChI is InChI=1S/C30H19N3OS/c35-27-17-19-7-1-2-8-21(19)24-14-15-29(32-30(24)27)34-20-12-13-23-22-9-3-4-10-25(22)33(26(23)18-20)28-11-5-6-16-31-28/h1-18,35H. The molecule has 0 aliphatic carbocycles. The number of fused-ring (bicyclic) bond motifs is 6. The van der Waals surface area contributed by atoms with Crippen LogP contribution >= 0.6 is 12.6 Å². The Morgan fingerprint density at radius 3 is 2.31 bits per heavy atom. The van der Waals surface area contributed by atoms with Gasteiger partial charge in [-0.2, -0.15) is 0 Å². The van der Waals surface area contributed by atoms with E-state index >= 15 is 0 Å². The molecule has 4 aromatic carbocycles. The Kier molecular flexibility index (Phi) is 4.50. The van der Waals surface area contributed by atoms with E-state index in [2.05, 4.69) is 70.2 Å². The summed E-state index contributed by atoms with van der Waals surface area (Å²) in [6, 6.07) is 34.8. The summed E-state index contributed by atoms with van der Waals surface area (Å²) in [6.07, 6.45) is 1.81. The van der Waals surface area contributed by atoms with Crippen molar-refractivity contribution in [1.29, 1.82) is 0 Å². The second kappa shape index (κ2) is 7.86. The minimum absolute atomic E-state index is 0.530. The van der Waals surface area contributed by atoms with Gasteiger partial charge in [0, 0.05) is 39.4 Å². The molecule has 0 saturated carbocycles. The lowest BCUT2D eigenvalue weighted by Gasteiger charge is -2.10. The topological polar surface area (TPSA) is 39.9 Å². The van der Waals surface area contributed by atoms with Gasteiger partial charge < -0.3 is 4.74 Å². The third-order valence-electron chi connectivity index (χ3n) is 6.40. The highest BCUT2D eigenvalue weighted by Gasteiger charge is 2.14. The Morgan fingerprint density at radius 2 is 1.43 bits per heavy atom. The van der Waals surface area contributed by atoms with Crippen LogP contribution in [-0.2, 0) is 0 Å². The molecule has 0 radical (unpaired) electrons. The van der Waals surface area contributed by atoms with Gasteiger partial charge in [-0.3, -0.25) is 4.57 Å². The van der Waals surface area contributed by atoms with Gasteiger partial charge in [0.2, 0.25) is 5.88 Å². The van der Waals surface area contributed by atoms with Crippen LogP contribution < -0.4 is 4.74 Å². The van der Waals surface area contributed by atoms with Crippen molar-refractivity contribution in [2.24, 2.45) is 0 Å². The number of pyridine rings is 2. The van der Waals surface area contributed by atoms with Crippen LogP contribution in [0.1, 0.15) is 0 Å². The molecule has 0 aliphatic heterocycles. The number of rotatable bonds is 3. The molecule has 4 nitrogen and oxygen atoms in total. The summed E-state index contributed by atoms with van der Waals surface area (Å²) >= 11 is 4.70. The number of hydrogen-bond donors (Lipinski definition) is 1. The summed E-state index contributed by atoms with van der Waals surface area (Å²) < 4.78 is 8.44. The third kappa shape index (κ3) is 3.24. The Labute approximate surface area is 206 Å². The number of para-hydroxylation sites is 1. The van der Waals surface area contributed by atoms with Gasteiger partial charge in [0.15, 0.2) is 0 Å². The average molecular weight is 470 g/mol. The highest BCUT2D eigenvalue weighted by molar-refractivity contribution is 7.80. The van der Waals surface area contributed by atoms with Crippen molar-refractivity contribution in [3.8, 4) is 17.4 Å². The van der Waals surface area contributed by atoms with Crippen LogP contribution in [0.15, 0.2) is 114 Å². The van der Waals surface area contributed by atoms with Gasteiger partial charge in [-0.1, -0.05) is 48.5 Å². The third-order valence-corrected chi connectivity index (χ3v) is 6.74. The number of ether oxygens (including phenoxy) is 1. The zero-order valence-electron chi connectivity index (χ0n) is 18.6. The predicted molar refractivity (Wildman–Crippen MR) is 145 cm³/mol. The average Bonchev–Trinajstić information content (AvgIpc) is 3.23. The molecule has 7 rings (SSSR count). The van der Waals surface area contributed by atoms with E-state index in [4.69, 9.17) is 22.3 Å². The highest BCUT2D eigenvalue weighted by Crippen LogP contribution is 2.36. The molecule has 0 saturated heterocycles. The lowest BCUT2D eigenvalue weighted by molar-refractivity contribution is 0.465. The van der Waals surface area contributed by atoms with Crippen molar-refractivity contribution < 1.29 is 4.74 Å². The Balaban J connectivity index is 1.37. The molecule has 5 heteroatoms. The van der Waals surface area contributed by atoms with Crippen molar-refractivity contribution in [2.45, 2.75) is 4.90 Å². The Morgan fingerprint density at radius 1 is 0.657 bits per heavy atom. The molecule has 0 N–H and O–H groups in total. The van der Waals surface area contributed by atoms with E-state index in [0.717, 1.165) is 48.8 Å². The summed E-state index contributed by atoms with van der Waals surface area (Å²) in [6.45, 7) is 0. The maximum absolute atomic E-state index is 6.27. The van der Waals surface area contributed by atoms with Gasteiger partial charge in [-0.25, -0.2) is 9.97 Å².